The van der Waals surface area contributed by atoms with Crippen LogP contribution < -0.4 is 24.0 Å². The maximum Gasteiger partial charge on any atom is 0.232 e. The number of morpholine rings is 1. The van der Waals surface area contributed by atoms with Gasteiger partial charge in [-0.05, 0) is 52.6 Å². The zero-order valence-corrected chi connectivity index (χ0v) is 32.8. The Balaban J connectivity index is 1.03. The Kier molecular flexibility index (Phi) is 11.7. The van der Waals surface area contributed by atoms with Gasteiger partial charge in [0.05, 0.1) is 72.6 Å². The van der Waals surface area contributed by atoms with Crippen LogP contribution in [0.5, 0.6) is 11.6 Å². The van der Waals surface area contributed by atoms with E-state index >= 15 is 0 Å². The monoisotopic (exact) mass is 763 g/mol. The molecule has 6 heterocycles. The zero-order chi connectivity index (χ0) is 37.8. The van der Waals surface area contributed by atoms with Gasteiger partial charge < -0.3 is 33.9 Å². The molecular formula is C37H53N11O5S. The summed E-state index contributed by atoms with van der Waals surface area (Å²) in [5, 5.41) is 4.15. The average molecular weight is 764 g/mol. The molecule has 0 bridgehead atoms. The Morgan fingerprint density at radius 2 is 1.67 bits per heavy atom. The maximum atomic E-state index is 13.3. The molecule has 1 atom stereocenters. The molecule has 2 saturated heterocycles. The van der Waals surface area contributed by atoms with Crippen LogP contribution in [0.2, 0.25) is 0 Å². The molecule has 3 fully saturated rings. The van der Waals surface area contributed by atoms with Crippen LogP contribution in [-0.2, 0) is 21.8 Å². The third-order valence-corrected chi connectivity index (χ3v) is 12.0. The summed E-state index contributed by atoms with van der Waals surface area (Å²) in [6.45, 7) is 12.2. The molecule has 2 aliphatic heterocycles. The van der Waals surface area contributed by atoms with Crippen molar-refractivity contribution < 1.29 is 22.6 Å². The van der Waals surface area contributed by atoms with Crippen LogP contribution in [0.4, 0.5) is 17.5 Å². The summed E-state index contributed by atoms with van der Waals surface area (Å²) in [6, 6.07) is 3.45. The highest BCUT2D eigenvalue weighted by atomic mass is 32.2. The third kappa shape index (κ3) is 8.96. The lowest BCUT2D eigenvalue weighted by atomic mass is 9.93. The molecular weight excluding hydrogens is 711 g/mol. The number of hydrogen-bond acceptors (Lipinski definition) is 14. The first-order chi connectivity index (χ1) is 26.0. The van der Waals surface area contributed by atoms with Crippen molar-refractivity contribution in [2.45, 2.75) is 57.7 Å². The first-order valence-corrected chi connectivity index (χ1v) is 20.8. The lowest BCUT2D eigenvalue weighted by Crippen LogP contribution is -2.45. The molecule has 0 spiro atoms. The summed E-state index contributed by atoms with van der Waals surface area (Å²) >= 11 is 0. The van der Waals surface area contributed by atoms with Gasteiger partial charge >= 0.3 is 0 Å². The summed E-state index contributed by atoms with van der Waals surface area (Å²) < 4.78 is 48.2. The number of anilines is 3. The molecule has 0 amide bonds. The van der Waals surface area contributed by atoms with Crippen LogP contribution in [0.25, 0.3) is 10.9 Å². The maximum absolute atomic E-state index is 13.3. The number of nitrogens with one attached hydrogen (secondary N) is 1. The van der Waals surface area contributed by atoms with Crippen LogP contribution in [0.15, 0.2) is 36.9 Å². The van der Waals surface area contributed by atoms with E-state index in [1.54, 1.807) is 24.8 Å². The molecule has 3 aliphatic rings. The van der Waals surface area contributed by atoms with Gasteiger partial charge in [0.1, 0.15) is 24.4 Å². The summed E-state index contributed by atoms with van der Waals surface area (Å²) in [4.78, 5) is 30.2. The van der Waals surface area contributed by atoms with Gasteiger partial charge in [-0.15, -0.1) is 0 Å². The third-order valence-electron chi connectivity index (χ3n) is 10.8. The summed E-state index contributed by atoms with van der Waals surface area (Å²) in [6.07, 6.45) is 11.3. The molecule has 4 aromatic rings. The van der Waals surface area contributed by atoms with E-state index in [0.717, 1.165) is 75.7 Å². The lowest BCUT2D eigenvalue weighted by molar-refractivity contribution is 0.122. The summed E-state index contributed by atoms with van der Waals surface area (Å²) in [5.41, 5.74) is 1.88. The average Bonchev–Trinajstić information content (AvgIpc) is 3.51. The number of nitrogens with zero attached hydrogens (tertiary/aromatic N) is 10. The molecule has 1 saturated carbocycles. The quantitative estimate of drug-likeness (QED) is 0.212. The number of imidazole rings is 1. The van der Waals surface area contributed by atoms with E-state index in [4.69, 9.17) is 24.2 Å². The van der Waals surface area contributed by atoms with Crippen molar-refractivity contribution >= 4 is 38.4 Å². The van der Waals surface area contributed by atoms with E-state index in [0.29, 0.717) is 67.1 Å². The van der Waals surface area contributed by atoms with Crippen molar-refractivity contribution in [1.82, 2.24) is 39.3 Å². The fraction of sp³-hybridized carbons (Fsp3) is 0.595. The SMILES string of the molecule is Cc1ncc(C(C)N(c2cnc3cc(N4CCOCC4)nc(OC4CCC(Nc5ncc(OCCN6CCN(C)CC6)cn5)CC4)c3c2)S(C)(=O)=O)n1C. The highest BCUT2D eigenvalue weighted by Crippen LogP contribution is 2.36. The van der Waals surface area contributed by atoms with Crippen molar-refractivity contribution in [1.29, 1.82) is 0 Å². The first-order valence-electron chi connectivity index (χ1n) is 18.9. The van der Waals surface area contributed by atoms with Gasteiger partial charge in [-0.3, -0.25) is 14.2 Å². The molecule has 0 radical (unpaired) electrons. The number of fused-ring (bicyclic) bond motifs is 1. The minimum absolute atomic E-state index is 0.0818. The molecule has 17 heteroatoms. The Hall–Kier alpha value is -4.32. The minimum atomic E-state index is -3.71. The second kappa shape index (κ2) is 16.6. The molecule has 0 aromatic carbocycles. The smallest absolute Gasteiger partial charge is 0.232 e. The number of ether oxygens (including phenoxy) is 3. The summed E-state index contributed by atoms with van der Waals surface area (Å²) in [7, 11) is 0.333. The van der Waals surface area contributed by atoms with Crippen molar-refractivity contribution in [3.05, 3.63) is 48.4 Å². The highest BCUT2D eigenvalue weighted by molar-refractivity contribution is 7.92. The molecule has 16 nitrogen and oxygen atoms in total. The molecule has 1 unspecified atom stereocenters. The minimum Gasteiger partial charge on any atom is -0.489 e. The van der Waals surface area contributed by atoms with E-state index in [9.17, 15) is 8.42 Å². The predicted octanol–water partition coefficient (Wildman–Crippen LogP) is 3.25. The lowest BCUT2D eigenvalue weighted by Gasteiger charge is -2.32. The highest BCUT2D eigenvalue weighted by Gasteiger charge is 2.30. The van der Waals surface area contributed by atoms with Gasteiger partial charge in [0.25, 0.3) is 0 Å². The fourth-order valence-corrected chi connectivity index (χ4v) is 8.62. The Labute approximate surface area is 317 Å². The zero-order valence-electron chi connectivity index (χ0n) is 32.0. The van der Waals surface area contributed by atoms with E-state index in [1.165, 1.54) is 10.6 Å². The van der Waals surface area contributed by atoms with E-state index in [2.05, 4.69) is 42.0 Å². The molecule has 4 aromatic heterocycles. The standard InChI is InChI=1S/C37H53N11O5S/c1-26(34-25-38-27(2)45(34)4)48(54(5,49)50)29-20-32-33(39-22-29)21-35(47-15-17-51-18-16-47)43-36(32)53-30-8-6-28(7-9-30)42-37-40-23-31(24-41-37)52-19-14-46-12-10-44(3)11-13-46/h20-26,28,30H,6-19H2,1-5H3,(H,40,41,42). The van der Waals surface area contributed by atoms with Crippen LogP contribution in [0.1, 0.15) is 50.2 Å². The fourth-order valence-electron chi connectivity index (χ4n) is 7.46. The largest absolute Gasteiger partial charge is 0.489 e. The number of hydrogen-bond donors (Lipinski definition) is 1. The van der Waals surface area contributed by atoms with Crippen LogP contribution >= 0.6 is 0 Å². The molecule has 7 rings (SSSR count). The van der Waals surface area contributed by atoms with Gasteiger partial charge in [0, 0.05) is 65.0 Å². The van der Waals surface area contributed by atoms with Crippen molar-refractivity contribution in [2.24, 2.45) is 7.05 Å². The first kappa shape index (κ1) is 38.0. The second-order valence-electron chi connectivity index (χ2n) is 14.6. The Morgan fingerprint density at radius 3 is 2.33 bits per heavy atom. The number of pyridine rings is 2. The van der Waals surface area contributed by atoms with Gasteiger partial charge in [0.2, 0.25) is 21.9 Å². The van der Waals surface area contributed by atoms with Gasteiger partial charge in [-0.1, -0.05) is 0 Å². The van der Waals surface area contributed by atoms with E-state index in [-0.39, 0.29) is 12.1 Å². The number of rotatable bonds is 13. The van der Waals surface area contributed by atoms with E-state index in [1.807, 2.05) is 37.6 Å². The van der Waals surface area contributed by atoms with Gasteiger partial charge in [-0.25, -0.2) is 23.4 Å². The van der Waals surface area contributed by atoms with Crippen molar-refractivity contribution in [2.75, 3.05) is 93.5 Å². The van der Waals surface area contributed by atoms with Gasteiger partial charge in [-0.2, -0.15) is 4.98 Å². The Bertz CT molecular complexity index is 1970. The van der Waals surface area contributed by atoms with Crippen molar-refractivity contribution in [3.63, 3.8) is 0 Å². The number of piperazine rings is 1. The van der Waals surface area contributed by atoms with Crippen LogP contribution in [0, 0.1) is 6.92 Å². The molecule has 54 heavy (non-hydrogen) atoms. The molecule has 292 valence electrons. The van der Waals surface area contributed by atoms with E-state index < -0.39 is 16.1 Å². The second-order valence-corrected chi connectivity index (χ2v) is 16.5. The Morgan fingerprint density at radius 1 is 0.944 bits per heavy atom. The molecule has 1 N–H and O–H groups in total. The topological polar surface area (TPSA) is 156 Å². The number of aromatic nitrogens is 6. The van der Waals surface area contributed by atoms with Crippen LogP contribution in [0.3, 0.4) is 0 Å². The molecule has 1 aliphatic carbocycles. The number of sulfonamides is 1. The van der Waals surface area contributed by atoms with Crippen LogP contribution in [-0.4, -0.2) is 139 Å². The van der Waals surface area contributed by atoms with Gasteiger partial charge in [0.15, 0.2) is 5.75 Å². The number of likely N-dealkylation sites (N-methyl/N-ethyl adjacent to an activating group) is 1. The number of aryl methyl sites for hydroxylation is 1. The normalized spacial score (nSPS) is 20.9. The summed E-state index contributed by atoms with van der Waals surface area (Å²) in [5.74, 6) is 3.26. The van der Waals surface area contributed by atoms with Crippen molar-refractivity contribution in [3.8, 4) is 11.6 Å². The predicted molar refractivity (Wildman–Crippen MR) is 208 cm³/mol.